The number of rotatable bonds is 5. The van der Waals surface area contributed by atoms with Crippen molar-refractivity contribution in [3.05, 3.63) is 60.4 Å². The quantitative estimate of drug-likeness (QED) is 0.326. The van der Waals surface area contributed by atoms with Crippen LogP contribution in [-0.4, -0.2) is 53.6 Å². The maximum Gasteiger partial charge on any atom is 0.213 e. The van der Waals surface area contributed by atoms with Crippen LogP contribution < -0.4 is 10.1 Å². The zero-order chi connectivity index (χ0) is 18.5. The van der Waals surface area contributed by atoms with Crippen LogP contribution in [0, 0.1) is 0 Å². The van der Waals surface area contributed by atoms with Gasteiger partial charge in [-0.2, -0.15) is 0 Å². The minimum absolute atomic E-state index is 0. The van der Waals surface area contributed by atoms with Crippen molar-refractivity contribution >= 4 is 40.8 Å². The monoisotopic (exact) mass is 491 g/mol. The van der Waals surface area contributed by atoms with Crippen molar-refractivity contribution in [2.24, 2.45) is 4.99 Å². The molecule has 7 heteroatoms. The molecular formula is C21H26IN5O. The SMILES string of the molecule is CN=C(NCCc1cc2ccccc2[nH]1)N1CCC(Oc2ccccn2)C1.I. The maximum atomic E-state index is 5.97. The predicted octanol–water partition coefficient (Wildman–Crippen LogP) is 3.45. The molecule has 3 aromatic rings. The first-order chi connectivity index (χ1) is 13.3. The van der Waals surface area contributed by atoms with E-state index >= 15 is 0 Å². The van der Waals surface area contributed by atoms with Crippen molar-refractivity contribution in [3.8, 4) is 5.88 Å². The average Bonchev–Trinajstić information content (AvgIpc) is 3.32. The molecule has 3 heterocycles. The number of benzene rings is 1. The fraction of sp³-hybridized carbons (Fsp3) is 0.333. The summed E-state index contributed by atoms with van der Waals surface area (Å²) in [6, 6.07) is 16.3. The third-order valence-electron chi connectivity index (χ3n) is 4.84. The Morgan fingerprint density at radius 3 is 2.93 bits per heavy atom. The molecule has 0 saturated carbocycles. The number of aliphatic imine (C=N–C) groups is 1. The molecule has 0 spiro atoms. The molecule has 0 aliphatic carbocycles. The van der Waals surface area contributed by atoms with E-state index in [0.717, 1.165) is 38.4 Å². The summed E-state index contributed by atoms with van der Waals surface area (Å²) in [5, 5.41) is 4.73. The number of aromatic amines is 1. The van der Waals surface area contributed by atoms with Crippen LogP contribution in [0.25, 0.3) is 10.9 Å². The second-order valence-corrected chi connectivity index (χ2v) is 6.75. The number of H-pyrrole nitrogens is 1. The predicted molar refractivity (Wildman–Crippen MR) is 124 cm³/mol. The smallest absolute Gasteiger partial charge is 0.213 e. The molecule has 148 valence electrons. The topological polar surface area (TPSA) is 65.5 Å². The Morgan fingerprint density at radius 2 is 2.14 bits per heavy atom. The molecule has 1 aliphatic rings. The number of hydrogen-bond acceptors (Lipinski definition) is 3. The first-order valence-corrected chi connectivity index (χ1v) is 9.42. The number of fused-ring (bicyclic) bond motifs is 1. The summed E-state index contributed by atoms with van der Waals surface area (Å²) in [5.74, 6) is 1.62. The molecule has 2 aromatic heterocycles. The number of aromatic nitrogens is 2. The van der Waals surface area contributed by atoms with E-state index in [1.54, 1.807) is 6.20 Å². The molecular weight excluding hydrogens is 465 g/mol. The number of para-hydroxylation sites is 1. The highest BCUT2D eigenvalue weighted by molar-refractivity contribution is 14.0. The Morgan fingerprint density at radius 1 is 1.29 bits per heavy atom. The lowest BCUT2D eigenvalue weighted by Gasteiger charge is -2.21. The number of hydrogen-bond donors (Lipinski definition) is 2. The molecule has 0 bridgehead atoms. The molecule has 0 amide bonds. The Hall–Kier alpha value is -2.29. The maximum absolute atomic E-state index is 5.97. The van der Waals surface area contributed by atoms with E-state index < -0.39 is 0 Å². The van der Waals surface area contributed by atoms with Gasteiger partial charge >= 0.3 is 0 Å². The highest BCUT2D eigenvalue weighted by Crippen LogP contribution is 2.17. The minimum atomic E-state index is 0. The summed E-state index contributed by atoms with van der Waals surface area (Å²) in [7, 11) is 1.83. The number of halogens is 1. The number of nitrogens with one attached hydrogen (secondary N) is 2. The van der Waals surface area contributed by atoms with Gasteiger partial charge in [0, 0.05) is 56.5 Å². The van der Waals surface area contributed by atoms with Crippen molar-refractivity contribution < 1.29 is 4.74 Å². The van der Waals surface area contributed by atoms with Crippen molar-refractivity contribution in [2.75, 3.05) is 26.7 Å². The second kappa shape index (κ2) is 9.77. The molecule has 1 atom stereocenters. The highest BCUT2D eigenvalue weighted by atomic mass is 127. The van der Waals surface area contributed by atoms with E-state index in [1.165, 1.54) is 16.6 Å². The van der Waals surface area contributed by atoms with Crippen LogP contribution in [0.4, 0.5) is 0 Å². The van der Waals surface area contributed by atoms with Gasteiger partial charge in [-0.1, -0.05) is 24.3 Å². The number of pyridine rings is 1. The molecule has 28 heavy (non-hydrogen) atoms. The zero-order valence-electron chi connectivity index (χ0n) is 16.0. The summed E-state index contributed by atoms with van der Waals surface area (Å²) in [5.41, 5.74) is 2.42. The highest BCUT2D eigenvalue weighted by Gasteiger charge is 2.26. The lowest BCUT2D eigenvalue weighted by molar-refractivity contribution is 0.205. The van der Waals surface area contributed by atoms with Gasteiger partial charge in [0.25, 0.3) is 0 Å². The van der Waals surface area contributed by atoms with Crippen LogP contribution in [0.3, 0.4) is 0 Å². The summed E-state index contributed by atoms with van der Waals surface area (Å²) < 4.78 is 5.97. The molecule has 1 aromatic carbocycles. The van der Waals surface area contributed by atoms with E-state index in [0.29, 0.717) is 5.88 Å². The van der Waals surface area contributed by atoms with E-state index in [1.807, 2.05) is 25.2 Å². The Labute approximate surface area is 182 Å². The van der Waals surface area contributed by atoms with Gasteiger partial charge in [-0.15, -0.1) is 24.0 Å². The van der Waals surface area contributed by atoms with Crippen LogP contribution in [0.2, 0.25) is 0 Å². The normalized spacial score (nSPS) is 16.8. The van der Waals surface area contributed by atoms with Gasteiger partial charge in [0.15, 0.2) is 5.96 Å². The number of ether oxygens (including phenoxy) is 1. The first-order valence-electron chi connectivity index (χ1n) is 9.42. The Bertz CT molecular complexity index is 878. The van der Waals surface area contributed by atoms with Gasteiger partial charge in [-0.25, -0.2) is 4.98 Å². The van der Waals surface area contributed by atoms with Crippen molar-refractivity contribution in [2.45, 2.75) is 18.9 Å². The van der Waals surface area contributed by atoms with Crippen LogP contribution in [0.1, 0.15) is 12.1 Å². The lowest BCUT2D eigenvalue weighted by Crippen LogP contribution is -2.41. The van der Waals surface area contributed by atoms with E-state index in [2.05, 4.69) is 55.5 Å². The second-order valence-electron chi connectivity index (χ2n) is 6.75. The van der Waals surface area contributed by atoms with Gasteiger partial charge in [-0.05, 0) is 23.6 Å². The molecule has 1 aliphatic heterocycles. The molecule has 0 radical (unpaired) electrons. The zero-order valence-corrected chi connectivity index (χ0v) is 18.3. The fourth-order valence-electron chi connectivity index (χ4n) is 3.51. The summed E-state index contributed by atoms with van der Waals surface area (Å²) in [6.07, 6.45) is 3.80. The number of nitrogens with zero attached hydrogens (tertiary/aromatic N) is 3. The van der Waals surface area contributed by atoms with Gasteiger partial charge < -0.3 is 19.9 Å². The van der Waals surface area contributed by atoms with Crippen LogP contribution in [0.5, 0.6) is 5.88 Å². The van der Waals surface area contributed by atoms with E-state index in [4.69, 9.17) is 4.74 Å². The van der Waals surface area contributed by atoms with E-state index in [9.17, 15) is 0 Å². The molecule has 6 nitrogen and oxygen atoms in total. The van der Waals surface area contributed by atoms with Crippen molar-refractivity contribution in [1.29, 1.82) is 0 Å². The summed E-state index contributed by atoms with van der Waals surface area (Å²) in [6.45, 7) is 2.59. The summed E-state index contributed by atoms with van der Waals surface area (Å²) >= 11 is 0. The molecule has 1 unspecified atom stereocenters. The average molecular weight is 491 g/mol. The number of guanidine groups is 1. The lowest BCUT2D eigenvalue weighted by atomic mass is 10.2. The van der Waals surface area contributed by atoms with Gasteiger partial charge in [0.1, 0.15) is 6.10 Å². The molecule has 1 fully saturated rings. The molecule has 4 rings (SSSR count). The fourth-order valence-corrected chi connectivity index (χ4v) is 3.51. The largest absolute Gasteiger partial charge is 0.472 e. The number of likely N-dealkylation sites (tertiary alicyclic amines) is 1. The van der Waals surface area contributed by atoms with Crippen LogP contribution >= 0.6 is 24.0 Å². The van der Waals surface area contributed by atoms with Gasteiger partial charge in [0.05, 0.1) is 6.54 Å². The Kier molecular flexibility index (Phi) is 7.13. The third-order valence-corrected chi connectivity index (χ3v) is 4.84. The third kappa shape index (κ3) is 4.95. The van der Waals surface area contributed by atoms with Crippen molar-refractivity contribution in [1.82, 2.24) is 20.2 Å². The van der Waals surface area contributed by atoms with Gasteiger partial charge in [0.2, 0.25) is 5.88 Å². The minimum Gasteiger partial charge on any atom is -0.472 e. The van der Waals surface area contributed by atoms with Crippen molar-refractivity contribution in [3.63, 3.8) is 0 Å². The van der Waals surface area contributed by atoms with Crippen LogP contribution in [-0.2, 0) is 6.42 Å². The Balaban J connectivity index is 0.00000225. The standard InChI is InChI=1S/C21H25N5O.HI/c1-22-21(24-12-9-17-14-16-6-2-3-7-19(16)25-17)26-13-10-18(15-26)27-20-8-4-5-11-23-20;/h2-8,11,14,18,25H,9-10,12-13,15H2,1H3,(H,22,24);1H. The molecule has 1 saturated heterocycles. The first kappa shape index (κ1) is 20.4. The van der Waals surface area contributed by atoms with Crippen LogP contribution in [0.15, 0.2) is 59.7 Å². The van der Waals surface area contributed by atoms with E-state index in [-0.39, 0.29) is 30.1 Å². The molecule has 2 N–H and O–H groups in total. The van der Waals surface area contributed by atoms with Gasteiger partial charge in [-0.3, -0.25) is 4.99 Å². The summed E-state index contributed by atoms with van der Waals surface area (Å²) in [4.78, 5) is 14.4.